The molecule has 3 rings (SSSR count). The standard InChI is InChI=1S/C19H13BrN4O7/c1-30-17-6-3-12(23(26)27)9-15(17)19(25)22-21-10-13-4-7-18(31-13)14-5-2-11(20)8-16(14)24(28)29/h2-10H,1H3,(H,22,25)/b21-10-. The summed E-state index contributed by atoms with van der Waals surface area (Å²) >= 11 is 3.19. The number of rotatable bonds is 7. The number of hydrogen-bond acceptors (Lipinski definition) is 8. The summed E-state index contributed by atoms with van der Waals surface area (Å²) in [6.45, 7) is 0. The Morgan fingerprint density at radius 1 is 1.13 bits per heavy atom. The molecule has 0 unspecified atom stereocenters. The molecule has 1 amide bonds. The third-order valence-electron chi connectivity index (χ3n) is 4.05. The van der Waals surface area contributed by atoms with Crippen LogP contribution in [-0.2, 0) is 0 Å². The Balaban J connectivity index is 1.77. The number of amides is 1. The van der Waals surface area contributed by atoms with Gasteiger partial charge in [0.1, 0.15) is 17.3 Å². The van der Waals surface area contributed by atoms with Crippen LogP contribution in [0.25, 0.3) is 11.3 Å². The van der Waals surface area contributed by atoms with Crippen molar-refractivity contribution in [1.82, 2.24) is 5.43 Å². The molecule has 0 aliphatic rings. The van der Waals surface area contributed by atoms with Crippen LogP contribution in [0.3, 0.4) is 0 Å². The van der Waals surface area contributed by atoms with Gasteiger partial charge in [-0.3, -0.25) is 25.0 Å². The number of carbonyl (C=O) groups excluding carboxylic acids is 1. The van der Waals surface area contributed by atoms with Gasteiger partial charge >= 0.3 is 0 Å². The summed E-state index contributed by atoms with van der Waals surface area (Å²) in [7, 11) is 1.33. The average molecular weight is 489 g/mol. The lowest BCUT2D eigenvalue weighted by Gasteiger charge is -2.06. The molecule has 2 aromatic carbocycles. The van der Waals surface area contributed by atoms with Crippen LogP contribution >= 0.6 is 15.9 Å². The van der Waals surface area contributed by atoms with Crippen LogP contribution in [-0.4, -0.2) is 29.1 Å². The van der Waals surface area contributed by atoms with E-state index in [1.807, 2.05) is 0 Å². The second-order valence-electron chi connectivity index (χ2n) is 5.96. The highest BCUT2D eigenvalue weighted by atomic mass is 79.9. The lowest BCUT2D eigenvalue weighted by molar-refractivity contribution is -0.384. The molecule has 0 radical (unpaired) electrons. The molecule has 158 valence electrons. The largest absolute Gasteiger partial charge is 0.496 e. The maximum Gasteiger partial charge on any atom is 0.281 e. The summed E-state index contributed by atoms with van der Waals surface area (Å²) in [6.07, 6.45) is 1.19. The lowest BCUT2D eigenvalue weighted by atomic mass is 10.1. The molecule has 0 spiro atoms. The van der Waals surface area contributed by atoms with Crippen LogP contribution in [0.4, 0.5) is 11.4 Å². The van der Waals surface area contributed by atoms with Gasteiger partial charge < -0.3 is 9.15 Å². The van der Waals surface area contributed by atoms with Gasteiger partial charge in [0.25, 0.3) is 17.3 Å². The zero-order chi connectivity index (χ0) is 22.5. The molecule has 11 nitrogen and oxygen atoms in total. The fourth-order valence-electron chi connectivity index (χ4n) is 2.63. The van der Waals surface area contributed by atoms with Crippen LogP contribution in [0.15, 0.2) is 62.5 Å². The number of benzene rings is 2. The Hall–Kier alpha value is -4.06. The lowest BCUT2D eigenvalue weighted by Crippen LogP contribution is -2.18. The fourth-order valence-corrected chi connectivity index (χ4v) is 2.98. The molecule has 1 aromatic heterocycles. The number of nitro benzene ring substituents is 2. The zero-order valence-electron chi connectivity index (χ0n) is 15.8. The van der Waals surface area contributed by atoms with E-state index in [1.54, 1.807) is 12.1 Å². The molecule has 1 N–H and O–H groups in total. The Bertz CT molecular complexity index is 1210. The zero-order valence-corrected chi connectivity index (χ0v) is 17.4. The monoisotopic (exact) mass is 488 g/mol. The van der Waals surface area contributed by atoms with E-state index in [1.165, 1.54) is 43.7 Å². The molecule has 0 fully saturated rings. The summed E-state index contributed by atoms with van der Waals surface area (Å²) in [5, 5.41) is 26.0. The summed E-state index contributed by atoms with van der Waals surface area (Å²) in [6, 6.07) is 11.2. The van der Waals surface area contributed by atoms with Gasteiger partial charge in [-0.15, -0.1) is 0 Å². The van der Waals surface area contributed by atoms with Crippen molar-refractivity contribution in [3.8, 4) is 17.1 Å². The van der Waals surface area contributed by atoms with E-state index in [4.69, 9.17) is 9.15 Å². The third-order valence-corrected chi connectivity index (χ3v) is 4.54. The fraction of sp³-hybridized carbons (Fsp3) is 0.0526. The molecule has 0 saturated carbocycles. The molecule has 0 aliphatic heterocycles. The number of nitrogens with one attached hydrogen (secondary N) is 1. The van der Waals surface area contributed by atoms with E-state index in [9.17, 15) is 25.0 Å². The Morgan fingerprint density at radius 3 is 2.58 bits per heavy atom. The SMILES string of the molecule is COc1ccc([N+](=O)[O-])cc1C(=O)N/N=C\c1ccc(-c2ccc(Br)cc2[N+](=O)[O-])o1. The number of hydrogen-bond donors (Lipinski definition) is 1. The molecular formula is C19H13BrN4O7. The van der Waals surface area contributed by atoms with Crippen LogP contribution in [0.5, 0.6) is 5.75 Å². The minimum atomic E-state index is -0.730. The van der Waals surface area contributed by atoms with Gasteiger partial charge in [-0.1, -0.05) is 15.9 Å². The summed E-state index contributed by atoms with van der Waals surface area (Å²) in [5.74, 6) is -0.126. The molecule has 0 atom stereocenters. The van der Waals surface area contributed by atoms with E-state index in [2.05, 4.69) is 26.5 Å². The predicted octanol–water partition coefficient (Wildman–Crippen LogP) is 4.30. The summed E-state index contributed by atoms with van der Waals surface area (Å²) < 4.78 is 11.1. The highest BCUT2D eigenvalue weighted by Crippen LogP contribution is 2.33. The van der Waals surface area contributed by atoms with E-state index in [0.717, 1.165) is 6.07 Å². The number of methoxy groups -OCH3 is 1. The maximum absolute atomic E-state index is 12.3. The van der Waals surface area contributed by atoms with Crippen molar-refractivity contribution in [2.45, 2.75) is 0 Å². The quantitative estimate of drug-likeness (QED) is 0.295. The van der Waals surface area contributed by atoms with E-state index in [0.29, 0.717) is 4.47 Å². The van der Waals surface area contributed by atoms with Crippen molar-refractivity contribution < 1.29 is 23.8 Å². The van der Waals surface area contributed by atoms with Crippen LogP contribution < -0.4 is 10.2 Å². The van der Waals surface area contributed by atoms with Crippen molar-refractivity contribution in [2.24, 2.45) is 5.10 Å². The number of furan rings is 1. The molecule has 1 heterocycles. The van der Waals surface area contributed by atoms with Crippen molar-refractivity contribution in [2.75, 3.05) is 7.11 Å². The highest BCUT2D eigenvalue weighted by Gasteiger charge is 2.19. The molecule has 0 aliphatic carbocycles. The number of nitrogens with zero attached hydrogens (tertiary/aromatic N) is 3. The van der Waals surface area contributed by atoms with E-state index >= 15 is 0 Å². The predicted molar refractivity (Wildman–Crippen MR) is 113 cm³/mol. The van der Waals surface area contributed by atoms with Crippen molar-refractivity contribution >= 4 is 39.4 Å². The number of carbonyl (C=O) groups is 1. The number of hydrazone groups is 1. The minimum absolute atomic E-state index is 0.0699. The molecule has 12 heteroatoms. The van der Waals surface area contributed by atoms with E-state index < -0.39 is 15.8 Å². The van der Waals surface area contributed by atoms with Gasteiger partial charge in [-0.25, -0.2) is 5.43 Å². The van der Waals surface area contributed by atoms with Gasteiger partial charge in [0.2, 0.25) is 0 Å². The second-order valence-corrected chi connectivity index (χ2v) is 6.88. The van der Waals surface area contributed by atoms with Crippen molar-refractivity contribution in [3.63, 3.8) is 0 Å². The summed E-state index contributed by atoms with van der Waals surface area (Å²) in [5.41, 5.74) is 2.02. The normalized spacial score (nSPS) is 10.8. The van der Waals surface area contributed by atoms with Crippen LogP contribution in [0.1, 0.15) is 16.1 Å². The number of halogens is 1. The molecule has 3 aromatic rings. The molecule has 0 bridgehead atoms. The highest BCUT2D eigenvalue weighted by molar-refractivity contribution is 9.10. The van der Waals surface area contributed by atoms with Crippen molar-refractivity contribution in [3.05, 3.63) is 84.6 Å². The van der Waals surface area contributed by atoms with Gasteiger partial charge in [0.05, 0.1) is 34.3 Å². The minimum Gasteiger partial charge on any atom is -0.496 e. The Labute approximate surface area is 182 Å². The summed E-state index contributed by atoms with van der Waals surface area (Å²) in [4.78, 5) is 33.4. The average Bonchev–Trinajstić information content (AvgIpc) is 3.21. The van der Waals surface area contributed by atoms with Gasteiger partial charge in [-0.2, -0.15) is 5.10 Å². The second kappa shape index (κ2) is 9.17. The topological polar surface area (TPSA) is 150 Å². The van der Waals surface area contributed by atoms with Gasteiger partial charge in [0, 0.05) is 22.7 Å². The number of nitro groups is 2. The van der Waals surface area contributed by atoms with Crippen LogP contribution in [0, 0.1) is 20.2 Å². The first-order chi connectivity index (χ1) is 14.8. The van der Waals surface area contributed by atoms with E-state index in [-0.39, 0.29) is 39.8 Å². The van der Waals surface area contributed by atoms with Gasteiger partial charge in [0.15, 0.2) is 0 Å². The van der Waals surface area contributed by atoms with Gasteiger partial charge in [-0.05, 0) is 30.3 Å². The number of non-ortho nitro benzene ring substituents is 1. The Morgan fingerprint density at radius 2 is 1.90 bits per heavy atom. The molecule has 31 heavy (non-hydrogen) atoms. The first-order valence-corrected chi connectivity index (χ1v) is 9.29. The first-order valence-electron chi connectivity index (χ1n) is 8.50. The molecule has 0 saturated heterocycles. The smallest absolute Gasteiger partial charge is 0.281 e. The third kappa shape index (κ3) is 4.93. The van der Waals surface area contributed by atoms with Crippen LogP contribution in [0.2, 0.25) is 0 Å². The first kappa shape index (κ1) is 21.6. The van der Waals surface area contributed by atoms with Crippen molar-refractivity contribution in [1.29, 1.82) is 0 Å². The maximum atomic E-state index is 12.3. The molecular weight excluding hydrogens is 476 g/mol. The number of ether oxygens (including phenoxy) is 1. The Kier molecular flexibility index (Phi) is 6.40.